The zero-order valence-electron chi connectivity index (χ0n) is 28.5. The van der Waals surface area contributed by atoms with E-state index in [0.717, 1.165) is 38.5 Å². The minimum Gasteiger partial charge on any atom is -0.461 e. The molecule has 0 spiro atoms. The fourth-order valence-corrected chi connectivity index (χ4v) is 6.00. The third-order valence-corrected chi connectivity index (χ3v) is 8.85. The molecule has 0 unspecified atom stereocenters. The molecule has 0 heterocycles. The number of rotatable bonds is 28. The summed E-state index contributed by atoms with van der Waals surface area (Å²) in [6.45, 7) is 3.74. The van der Waals surface area contributed by atoms with Gasteiger partial charge in [-0.15, -0.1) is 0 Å². The molecule has 45 heavy (non-hydrogen) atoms. The van der Waals surface area contributed by atoms with Gasteiger partial charge in [0.1, 0.15) is 6.61 Å². The van der Waals surface area contributed by atoms with E-state index in [9.17, 15) is 30.0 Å². The summed E-state index contributed by atoms with van der Waals surface area (Å²) in [5.74, 6) is -1.37. The first kappa shape index (κ1) is 41.3. The van der Waals surface area contributed by atoms with Crippen molar-refractivity contribution in [1.82, 2.24) is 0 Å². The summed E-state index contributed by atoms with van der Waals surface area (Å²) in [4.78, 5) is 24.4. The van der Waals surface area contributed by atoms with E-state index >= 15 is 0 Å². The van der Waals surface area contributed by atoms with Gasteiger partial charge in [-0.05, 0) is 25.2 Å². The first-order chi connectivity index (χ1) is 21.8. The van der Waals surface area contributed by atoms with Crippen LogP contribution >= 0.6 is 0 Å². The van der Waals surface area contributed by atoms with E-state index in [4.69, 9.17) is 9.47 Å². The van der Waals surface area contributed by atoms with Crippen LogP contribution in [0.1, 0.15) is 149 Å². The molecule has 0 radical (unpaired) electrons. The van der Waals surface area contributed by atoms with Gasteiger partial charge in [-0.2, -0.15) is 0 Å². The number of unbranched alkanes of at least 4 members (excludes halogenated alkanes) is 14. The normalized spacial score (nSPS) is 21.5. The molecule has 1 fully saturated rings. The van der Waals surface area contributed by atoms with Crippen LogP contribution in [0, 0.1) is 11.8 Å². The lowest BCUT2D eigenvalue weighted by Gasteiger charge is -2.19. The van der Waals surface area contributed by atoms with Crippen molar-refractivity contribution >= 4 is 11.9 Å². The monoisotopic (exact) mass is 638 g/mol. The van der Waals surface area contributed by atoms with Crippen LogP contribution in [-0.2, 0) is 19.1 Å². The Morgan fingerprint density at radius 3 is 1.96 bits per heavy atom. The predicted octanol–water partition coefficient (Wildman–Crippen LogP) is 7.11. The highest BCUT2D eigenvalue weighted by Gasteiger charge is 2.39. The zero-order chi connectivity index (χ0) is 33.1. The molecule has 4 N–H and O–H groups in total. The number of carbonyl (C=O) groups excluding carboxylic acids is 2. The average molecular weight is 639 g/mol. The van der Waals surface area contributed by atoms with Gasteiger partial charge in [0, 0.05) is 18.8 Å². The molecule has 6 atom stereocenters. The minimum absolute atomic E-state index is 0.00701. The van der Waals surface area contributed by atoms with Crippen LogP contribution in [0.3, 0.4) is 0 Å². The molecule has 1 aliphatic carbocycles. The number of aliphatic hydroxyl groups excluding tert-OH is 4. The van der Waals surface area contributed by atoms with Gasteiger partial charge < -0.3 is 29.9 Å². The van der Waals surface area contributed by atoms with E-state index in [-0.39, 0.29) is 37.3 Å². The van der Waals surface area contributed by atoms with Crippen molar-refractivity contribution < 1.29 is 39.5 Å². The van der Waals surface area contributed by atoms with Crippen molar-refractivity contribution in [2.24, 2.45) is 11.8 Å². The van der Waals surface area contributed by atoms with E-state index < -0.39 is 37.0 Å². The molecule has 0 aromatic heterocycles. The zero-order valence-corrected chi connectivity index (χ0v) is 28.5. The summed E-state index contributed by atoms with van der Waals surface area (Å²) in [7, 11) is 0. The first-order valence-corrected chi connectivity index (χ1v) is 18.2. The van der Waals surface area contributed by atoms with E-state index in [0.29, 0.717) is 19.3 Å². The Bertz CT molecular complexity index is 797. The summed E-state index contributed by atoms with van der Waals surface area (Å²) >= 11 is 0. The standard InChI is InChI=1S/C37H66O8/c1-3-5-7-8-9-10-11-12-13-14-15-16-18-24-37(43)45-31(28-38)29-44-36(42)23-20-19-22-32-33(35(41)27-34(32)40)26-25-30(39)21-17-6-4-2/h19-20,25-26,30-35,38-41H,3-18,21-24,27-29H2,1-2H3/b20-19-,26-25+/t30-,31+,32+,33-,34+,35-/m1/s1. The highest BCUT2D eigenvalue weighted by atomic mass is 16.6. The quantitative estimate of drug-likeness (QED) is 0.0405. The minimum atomic E-state index is -0.882. The lowest BCUT2D eigenvalue weighted by Crippen LogP contribution is -2.28. The van der Waals surface area contributed by atoms with E-state index in [1.807, 2.05) is 6.08 Å². The van der Waals surface area contributed by atoms with Gasteiger partial charge in [-0.25, -0.2) is 0 Å². The molecule has 8 heteroatoms. The summed E-state index contributed by atoms with van der Waals surface area (Å²) in [6.07, 6.45) is 25.0. The van der Waals surface area contributed by atoms with Gasteiger partial charge in [0.25, 0.3) is 0 Å². The lowest BCUT2D eigenvalue weighted by molar-refractivity contribution is -0.161. The molecule has 0 bridgehead atoms. The maximum atomic E-state index is 12.2. The number of ether oxygens (including phenoxy) is 2. The topological polar surface area (TPSA) is 134 Å². The van der Waals surface area contributed by atoms with Crippen molar-refractivity contribution in [3.63, 3.8) is 0 Å². The second-order valence-corrected chi connectivity index (χ2v) is 12.9. The van der Waals surface area contributed by atoms with Crippen molar-refractivity contribution in [2.75, 3.05) is 13.2 Å². The fourth-order valence-electron chi connectivity index (χ4n) is 6.00. The lowest BCUT2D eigenvalue weighted by atomic mass is 9.89. The molecule has 1 saturated carbocycles. The summed E-state index contributed by atoms with van der Waals surface area (Å²) < 4.78 is 10.5. The second-order valence-electron chi connectivity index (χ2n) is 12.9. The Balaban J connectivity index is 2.20. The van der Waals surface area contributed by atoms with E-state index in [2.05, 4.69) is 13.8 Å². The Morgan fingerprint density at radius 2 is 1.36 bits per heavy atom. The van der Waals surface area contributed by atoms with Gasteiger partial charge in [-0.1, -0.05) is 134 Å². The number of hydrogen-bond donors (Lipinski definition) is 4. The number of esters is 2. The van der Waals surface area contributed by atoms with Crippen LogP contribution in [0.2, 0.25) is 0 Å². The summed E-state index contributed by atoms with van der Waals surface area (Å²) in [5.41, 5.74) is 0. The molecule has 0 aromatic rings. The van der Waals surface area contributed by atoms with Gasteiger partial charge in [-0.3, -0.25) is 9.59 Å². The number of allylic oxidation sites excluding steroid dienone is 1. The van der Waals surface area contributed by atoms with Crippen LogP contribution in [0.5, 0.6) is 0 Å². The fraction of sp³-hybridized carbons (Fsp3) is 0.838. The first-order valence-electron chi connectivity index (χ1n) is 18.2. The highest BCUT2D eigenvalue weighted by molar-refractivity contribution is 5.71. The summed E-state index contributed by atoms with van der Waals surface area (Å²) in [5, 5.41) is 40.6. The molecule has 262 valence electrons. The third-order valence-electron chi connectivity index (χ3n) is 8.85. The molecule has 0 aromatic carbocycles. The van der Waals surface area contributed by atoms with Gasteiger partial charge >= 0.3 is 11.9 Å². The highest BCUT2D eigenvalue weighted by Crippen LogP contribution is 2.36. The molecular weight excluding hydrogens is 572 g/mol. The van der Waals surface area contributed by atoms with Crippen molar-refractivity contribution in [3.05, 3.63) is 24.3 Å². The van der Waals surface area contributed by atoms with Crippen molar-refractivity contribution in [2.45, 2.75) is 173 Å². The Hall–Kier alpha value is -1.74. The maximum absolute atomic E-state index is 12.2. The molecule has 0 amide bonds. The average Bonchev–Trinajstić information content (AvgIpc) is 3.29. The Kier molecular flexibility index (Phi) is 25.1. The van der Waals surface area contributed by atoms with Crippen molar-refractivity contribution in [1.29, 1.82) is 0 Å². The third kappa shape index (κ3) is 20.9. The van der Waals surface area contributed by atoms with Crippen LogP contribution in [-0.4, -0.2) is 70.0 Å². The Morgan fingerprint density at radius 1 is 0.778 bits per heavy atom. The van der Waals surface area contributed by atoms with Crippen LogP contribution in [0.4, 0.5) is 0 Å². The van der Waals surface area contributed by atoms with Crippen LogP contribution < -0.4 is 0 Å². The molecule has 0 saturated heterocycles. The van der Waals surface area contributed by atoms with E-state index in [1.54, 1.807) is 18.2 Å². The maximum Gasteiger partial charge on any atom is 0.309 e. The molecule has 8 nitrogen and oxygen atoms in total. The number of hydrogen-bond acceptors (Lipinski definition) is 8. The largest absolute Gasteiger partial charge is 0.461 e. The van der Waals surface area contributed by atoms with Gasteiger partial charge in [0.05, 0.1) is 31.3 Å². The number of aliphatic hydroxyl groups is 4. The van der Waals surface area contributed by atoms with Gasteiger partial charge in [0.2, 0.25) is 0 Å². The Labute approximate surface area is 273 Å². The van der Waals surface area contributed by atoms with Crippen molar-refractivity contribution in [3.8, 4) is 0 Å². The molecular formula is C37H66O8. The second kappa shape index (κ2) is 27.4. The molecule has 1 aliphatic rings. The van der Waals surface area contributed by atoms with Gasteiger partial charge in [0.15, 0.2) is 6.10 Å². The molecule has 0 aliphatic heterocycles. The van der Waals surface area contributed by atoms with E-state index in [1.165, 1.54) is 64.2 Å². The van der Waals surface area contributed by atoms with Crippen LogP contribution in [0.25, 0.3) is 0 Å². The summed E-state index contributed by atoms with van der Waals surface area (Å²) in [6, 6.07) is 0. The number of carbonyl (C=O) groups is 2. The predicted molar refractivity (Wildman–Crippen MR) is 180 cm³/mol. The smallest absolute Gasteiger partial charge is 0.309 e. The SMILES string of the molecule is CCCCCCCCCCCCCCCC(=O)O[C@@H](CO)COC(=O)C/C=C\C[C@H]1[C@@H](/C=C/[C@H](O)CCCCC)[C@H](O)C[C@@H]1O. The van der Waals surface area contributed by atoms with Crippen LogP contribution in [0.15, 0.2) is 24.3 Å². The molecule has 1 rings (SSSR count).